The molecule has 0 aliphatic carbocycles. The van der Waals surface area contributed by atoms with E-state index in [1.165, 1.54) is 12.5 Å². The maximum atomic E-state index is 12.7. The van der Waals surface area contributed by atoms with Crippen LogP contribution in [-0.4, -0.2) is 34.8 Å². The minimum Gasteiger partial charge on any atom is -0.472 e. The van der Waals surface area contributed by atoms with Crippen molar-refractivity contribution >= 4 is 17.5 Å². The Labute approximate surface area is 174 Å². The fourth-order valence-electron chi connectivity index (χ4n) is 3.41. The second-order valence-electron chi connectivity index (χ2n) is 7.11. The van der Waals surface area contributed by atoms with Gasteiger partial charge in [-0.3, -0.25) is 9.59 Å². The zero-order valence-electron chi connectivity index (χ0n) is 16.4. The van der Waals surface area contributed by atoms with E-state index >= 15 is 0 Å². The second kappa shape index (κ2) is 9.10. The lowest BCUT2D eigenvalue weighted by Gasteiger charge is -2.31. The van der Waals surface area contributed by atoms with Crippen LogP contribution in [0, 0.1) is 17.8 Å². The molecular formula is C24H21N3O3. The van der Waals surface area contributed by atoms with Crippen molar-refractivity contribution in [1.29, 1.82) is 0 Å². The molecule has 1 fully saturated rings. The summed E-state index contributed by atoms with van der Waals surface area (Å²) in [5.41, 5.74) is 2.76. The first kappa shape index (κ1) is 19.5. The Kier molecular flexibility index (Phi) is 5.90. The molecule has 150 valence electrons. The smallest absolute Gasteiger partial charge is 0.257 e. The van der Waals surface area contributed by atoms with Gasteiger partial charge in [0.1, 0.15) is 12.0 Å². The summed E-state index contributed by atoms with van der Waals surface area (Å²) in [6.45, 7) is 1.11. The number of carbonyl (C=O) groups excluding carboxylic acids is 2. The highest BCUT2D eigenvalue weighted by Gasteiger charge is 2.28. The predicted molar refractivity (Wildman–Crippen MR) is 113 cm³/mol. The third kappa shape index (κ3) is 4.76. The van der Waals surface area contributed by atoms with Crippen molar-refractivity contribution in [3.8, 4) is 11.8 Å². The lowest BCUT2D eigenvalue weighted by molar-refractivity contribution is -0.121. The molecule has 0 unspecified atom stereocenters. The predicted octanol–water partition coefficient (Wildman–Crippen LogP) is 3.57. The van der Waals surface area contributed by atoms with Crippen LogP contribution in [0.3, 0.4) is 0 Å². The van der Waals surface area contributed by atoms with Gasteiger partial charge in [0.05, 0.1) is 11.8 Å². The molecule has 3 heterocycles. The van der Waals surface area contributed by atoms with E-state index in [4.69, 9.17) is 4.42 Å². The zero-order valence-corrected chi connectivity index (χ0v) is 16.4. The molecule has 0 radical (unpaired) electrons. The summed E-state index contributed by atoms with van der Waals surface area (Å²) in [6.07, 6.45) is 5.91. The van der Waals surface area contributed by atoms with Crippen molar-refractivity contribution < 1.29 is 14.0 Å². The Morgan fingerprint density at radius 1 is 1.07 bits per heavy atom. The van der Waals surface area contributed by atoms with E-state index < -0.39 is 0 Å². The van der Waals surface area contributed by atoms with E-state index in [9.17, 15) is 9.59 Å². The summed E-state index contributed by atoms with van der Waals surface area (Å²) < 4.78 is 4.98. The topological polar surface area (TPSA) is 75.4 Å². The largest absolute Gasteiger partial charge is 0.472 e. The Bertz CT molecular complexity index is 1070. The van der Waals surface area contributed by atoms with Gasteiger partial charge in [0.15, 0.2) is 0 Å². The average Bonchev–Trinajstić information content (AvgIpc) is 3.33. The van der Waals surface area contributed by atoms with Crippen molar-refractivity contribution in [2.24, 2.45) is 5.92 Å². The Balaban J connectivity index is 1.33. The fourth-order valence-corrected chi connectivity index (χ4v) is 3.41. The molecule has 2 aromatic heterocycles. The van der Waals surface area contributed by atoms with Gasteiger partial charge in [-0.05, 0) is 55.2 Å². The lowest BCUT2D eigenvalue weighted by Crippen LogP contribution is -2.41. The van der Waals surface area contributed by atoms with Crippen molar-refractivity contribution in [2.75, 3.05) is 18.4 Å². The number of rotatable bonds is 3. The van der Waals surface area contributed by atoms with Crippen molar-refractivity contribution in [3.63, 3.8) is 0 Å². The summed E-state index contributed by atoms with van der Waals surface area (Å²) in [6, 6.07) is 14.7. The molecule has 1 aliphatic heterocycles. The Morgan fingerprint density at radius 2 is 1.93 bits per heavy atom. The van der Waals surface area contributed by atoms with Crippen LogP contribution in [0.1, 0.15) is 34.5 Å². The first-order valence-corrected chi connectivity index (χ1v) is 9.84. The van der Waals surface area contributed by atoms with Gasteiger partial charge in [-0.2, -0.15) is 0 Å². The quantitative estimate of drug-likeness (QED) is 0.684. The first-order valence-electron chi connectivity index (χ1n) is 9.84. The number of pyridine rings is 1. The number of amides is 2. The third-order valence-corrected chi connectivity index (χ3v) is 5.05. The molecule has 2 amide bonds. The van der Waals surface area contributed by atoms with Gasteiger partial charge in [-0.1, -0.05) is 18.1 Å². The molecule has 3 aromatic rings. The van der Waals surface area contributed by atoms with Gasteiger partial charge in [0.25, 0.3) is 5.91 Å². The van der Waals surface area contributed by atoms with Crippen LogP contribution in [0.2, 0.25) is 0 Å². The minimum absolute atomic E-state index is 0.0276. The van der Waals surface area contributed by atoms with Crippen LogP contribution in [0.4, 0.5) is 5.69 Å². The minimum atomic E-state index is -0.123. The monoisotopic (exact) mass is 399 g/mol. The number of hydrogen-bond donors (Lipinski definition) is 1. The van der Waals surface area contributed by atoms with Gasteiger partial charge in [-0.25, -0.2) is 4.98 Å². The zero-order chi connectivity index (χ0) is 20.8. The number of piperidine rings is 1. The number of carbonyl (C=O) groups is 2. The van der Waals surface area contributed by atoms with Crippen LogP contribution in [-0.2, 0) is 4.79 Å². The summed E-state index contributed by atoms with van der Waals surface area (Å²) >= 11 is 0. The summed E-state index contributed by atoms with van der Waals surface area (Å²) in [5, 5.41) is 2.98. The molecule has 6 nitrogen and oxygen atoms in total. The van der Waals surface area contributed by atoms with E-state index in [1.807, 2.05) is 42.5 Å². The molecule has 0 bridgehead atoms. The molecule has 30 heavy (non-hydrogen) atoms. The van der Waals surface area contributed by atoms with Crippen molar-refractivity contribution in [3.05, 3.63) is 84.1 Å². The maximum absolute atomic E-state index is 12.7. The van der Waals surface area contributed by atoms with E-state index in [0.717, 1.165) is 5.56 Å². The van der Waals surface area contributed by atoms with Crippen LogP contribution in [0.15, 0.2) is 71.7 Å². The fraction of sp³-hybridized carbons (Fsp3) is 0.208. The van der Waals surface area contributed by atoms with Crippen LogP contribution in [0.25, 0.3) is 0 Å². The van der Waals surface area contributed by atoms with Gasteiger partial charge in [0, 0.05) is 36.5 Å². The number of nitrogens with zero attached hydrogens (tertiary/aromatic N) is 2. The molecule has 6 heteroatoms. The molecule has 0 spiro atoms. The Hall–Kier alpha value is -3.85. The van der Waals surface area contributed by atoms with Crippen molar-refractivity contribution in [1.82, 2.24) is 9.88 Å². The lowest BCUT2D eigenvalue weighted by atomic mass is 9.95. The number of aromatic nitrogens is 1. The highest BCUT2D eigenvalue weighted by Crippen LogP contribution is 2.21. The molecule has 1 saturated heterocycles. The van der Waals surface area contributed by atoms with Gasteiger partial charge in [0.2, 0.25) is 5.91 Å². The van der Waals surface area contributed by atoms with E-state index in [2.05, 4.69) is 22.1 Å². The van der Waals surface area contributed by atoms with Crippen LogP contribution in [0.5, 0.6) is 0 Å². The number of benzene rings is 1. The molecule has 0 saturated carbocycles. The second-order valence-corrected chi connectivity index (χ2v) is 7.11. The number of anilines is 1. The van der Waals surface area contributed by atoms with E-state index in [1.54, 1.807) is 17.2 Å². The normalized spacial score (nSPS) is 13.9. The molecule has 0 atom stereocenters. The molecular weight excluding hydrogens is 378 g/mol. The summed E-state index contributed by atoms with van der Waals surface area (Å²) in [5.74, 6) is 5.88. The van der Waals surface area contributed by atoms with Gasteiger partial charge in [-0.15, -0.1) is 0 Å². The van der Waals surface area contributed by atoms with Gasteiger partial charge < -0.3 is 14.6 Å². The van der Waals surface area contributed by atoms with Gasteiger partial charge >= 0.3 is 0 Å². The molecule has 1 N–H and O–H groups in total. The summed E-state index contributed by atoms with van der Waals surface area (Å²) in [4.78, 5) is 31.0. The highest BCUT2D eigenvalue weighted by molar-refractivity contribution is 5.95. The molecule has 1 aliphatic rings. The van der Waals surface area contributed by atoms with E-state index in [-0.39, 0.29) is 17.7 Å². The molecule has 1 aromatic carbocycles. The Morgan fingerprint density at radius 3 is 2.67 bits per heavy atom. The number of nitrogens with one attached hydrogen (secondary N) is 1. The van der Waals surface area contributed by atoms with E-state index in [0.29, 0.717) is 42.9 Å². The van der Waals surface area contributed by atoms with Crippen LogP contribution >= 0.6 is 0 Å². The first-order chi connectivity index (χ1) is 14.7. The standard InChI is InChI=1S/C24H21N3O3/c28-23(19-9-13-27(14-10-19)24(29)20-11-15-30-17-20)26-22-6-3-4-18(16-22)7-8-21-5-1-2-12-25-21/h1-6,11-12,15-17,19H,9-10,13-14H2,(H,26,28). The average molecular weight is 399 g/mol. The number of furan rings is 1. The number of likely N-dealkylation sites (tertiary alicyclic amines) is 1. The third-order valence-electron chi connectivity index (χ3n) is 5.05. The van der Waals surface area contributed by atoms with Crippen LogP contribution < -0.4 is 5.32 Å². The molecule has 4 rings (SSSR count). The number of hydrogen-bond acceptors (Lipinski definition) is 4. The summed E-state index contributed by atoms with van der Waals surface area (Å²) in [7, 11) is 0. The highest BCUT2D eigenvalue weighted by atomic mass is 16.3. The maximum Gasteiger partial charge on any atom is 0.257 e. The van der Waals surface area contributed by atoms with Crippen molar-refractivity contribution in [2.45, 2.75) is 12.8 Å². The SMILES string of the molecule is O=C(Nc1cccc(C#Cc2ccccn2)c1)C1CCN(C(=O)c2ccoc2)CC1.